The fourth-order valence-corrected chi connectivity index (χ4v) is 2.83. The van der Waals surface area contributed by atoms with Crippen LogP contribution in [0.2, 0.25) is 0 Å². The molecule has 6 nitrogen and oxygen atoms in total. The molecule has 6 heteroatoms. The molecule has 3 N–H and O–H groups in total. The first-order chi connectivity index (χ1) is 11.6. The Morgan fingerprint density at radius 1 is 1.08 bits per heavy atom. The number of aryl methyl sites for hydroxylation is 1. The van der Waals surface area contributed by atoms with E-state index in [4.69, 9.17) is 5.11 Å². The summed E-state index contributed by atoms with van der Waals surface area (Å²) in [7, 11) is 0. The summed E-state index contributed by atoms with van der Waals surface area (Å²) in [6, 6.07) is 5.35. The van der Waals surface area contributed by atoms with Gasteiger partial charge in [-0.15, -0.1) is 0 Å². The number of hydrogen-bond donors (Lipinski definition) is 3. The standard InChI is InChI=1S/C19H26N2O4/c1-11-5-8-14(10-15(11)21-18(25)19(2,3)4)20-16(22)12-6-7-13(9-12)17(23)24/h5,8,10,12-13H,6-7,9H2,1-4H3,(H,20,22)(H,21,25)(H,23,24)/t12-,13+/m1/s1. The van der Waals surface area contributed by atoms with Crippen LogP contribution in [0.4, 0.5) is 11.4 Å². The first kappa shape index (κ1) is 19.0. The van der Waals surface area contributed by atoms with Gasteiger partial charge in [-0.2, -0.15) is 0 Å². The molecule has 1 aliphatic carbocycles. The molecule has 0 aliphatic heterocycles. The molecule has 1 saturated carbocycles. The summed E-state index contributed by atoms with van der Waals surface area (Å²) in [5, 5.41) is 14.8. The van der Waals surface area contributed by atoms with Gasteiger partial charge in [-0.05, 0) is 43.9 Å². The molecule has 1 aliphatic rings. The van der Waals surface area contributed by atoms with Gasteiger partial charge in [-0.3, -0.25) is 14.4 Å². The lowest BCUT2D eigenvalue weighted by Crippen LogP contribution is -2.28. The van der Waals surface area contributed by atoms with E-state index >= 15 is 0 Å². The van der Waals surface area contributed by atoms with Crippen LogP contribution in [0.15, 0.2) is 18.2 Å². The van der Waals surface area contributed by atoms with Crippen molar-refractivity contribution in [3.05, 3.63) is 23.8 Å². The van der Waals surface area contributed by atoms with Gasteiger partial charge in [0, 0.05) is 22.7 Å². The highest BCUT2D eigenvalue weighted by atomic mass is 16.4. The van der Waals surface area contributed by atoms with Crippen molar-refractivity contribution >= 4 is 29.2 Å². The van der Waals surface area contributed by atoms with Crippen molar-refractivity contribution in [3.63, 3.8) is 0 Å². The molecule has 0 aromatic heterocycles. The SMILES string of the molecule is Cc1ccc(NC(=O)[C@@H]2CC[C@H](C(=O)O)C2)cc1NC(=O)C(C)(C)C. The Hall–Kier alpha value is -2.37. The predicted molar refractivity (Wildman–Crippen MR) is 96.4 cm³/mol. The Kier molecular flexibility index (Phi) is 5.50. The molecule has 0 radical (unpaired) electrons. The number of benzene rings is 1. The molecule has 0 bridgehead atoms. The van der Waals surface area contributed by atoms with Crippen molar-refractivity contribution < 1.29 is 19.5 Å². The second-order valence-corrected chi connectivity index (χ2v) is 7.77. The quantitative estimate of drug-likeness (QED) is 0.778. The number of carboxylic acid groups (broad SMARTS) is 1. The van der Waals surface area contributed by atoms with E-state index in [0.717, 1.165) is 5.56 Å². The van der Waals surface area contributed by atoms with Crippen LogP contribution < -0.4 is 10.6 Å². The van der Waals surface area contributed by atoms with Crippen molar-refractivity contribution in [2.45, 2.75) is 47.0 Å². The van der Waals surface area contributed by atoms with Gasteiger partial charge in [0.25, 0.3) is 0 Å². The molecule has 0 heterocycles. The third kappa shape index (κ3) is 4.81. The van der Waals surface area contributed by atoms with Gasteiger partial charge < -0.3 is 15.7 Å². The van der Waals surface area contributed by atoms with E-state index in [1.807, 2.05) is 33.8 Å². The molecule has 136 valence electrons. The van der Waals surface area contributed by atoms with E-state index in [2.05, 4.69) is 10.6 Å². The minimum absolute atomic E-state index is 0.0980. The number of hydrogen-bond acceptors (Lipinski definition) is 3. The van der Waals surface area contributed by atoms with E-state index < -0.39 is 17.3 Å². The highest BCUT2D eigenvalue weighted by Crippen LogP contribution is 2.32. The van der Waals surface area contributed by atoms with Crippen LogP contribution in [-0.4, -0.2) is 22.9 Å². The Labute approximate surface area is 148 Å². The summed E-state index contributed by atoms with van der Waals surface area (Å²) in [6.45, 7) is 7.39. The van der Waals surface area contributed by atoms with Crippen LogP contribution in [0.1, 0.15) is 45.6 Å². The van der Waals surface area contributed by atoms with E-state index in [1.165, 1.54) is 0 Å². The number of carboxylic acids is 1. The van der Waals surface area contributed by atoms with Crippen LogP contribution in [0, 0.1) is 24.2 Å². The van der Waals surface area contributed by atoms with Crippen molar-refractivity contribution in [2.75, 3.05) is 10.6 Å². The molecule has 2 rings (SSSR count). The van der Waals surface area contributed by atoms with Gasteiger partial charge in [0.2, 0.25) is 11.8 Å². The molecular weight excluding hydrogens is 320 g/mol. The van der Waals surface area contributed by atoms with Crippen LogP contribution in [0.3, 0.4) is 0 Å². The molecule has 2 atom stereocenters. The zero-order valence-electron chi connectivity index (χ0n) is 15.2. The van der Waals surface area contributed by atoms with E-state index in [0.29, 0.717) is 30.6 Å². The largest absolute Gasteiger partial charge is 0.481 e. The van der Waals surface area contributed by atoms with Crippen molar-refractivity contribution in [1.82, 2.24) is 0 Å². The summed E-state index contributed by atoms with van der Waals surface area (Å²) < 4.78 is 0. The second-order valence-electron chi connectivity index (χ2n) is 7.77. The first-order valence-corrected chi connectivity index (χ1v) is 8.53. The fraction of sp³-hybridized carbons (Fsp3) is 0.526. The smallest absolute Gasteiger partial charge is 0.306 e. The third-order valence-electron chi connectivity index (χ3n) is 4.59. The minimum Gasteiger partial charge on any atom is -0.481 e. The number of nitrogens with one attached hydrogen (secondary N) is 2. The molecule has 0 unspecified atom stereocenters. The molecule has 0 saturated heterocycles. The summed E-state index contributed by atoms with van der Waals surface area (Å²) >= 11 is 0. The molecule has 2 amide bonds. The maximum atomic E-state index is 12.4. The number of carbonyl (C=O) groups is 3. The number of rotatable bonds is 4. The fourth-order valence-electron chi connectivity index (χ4n) is 2.83. The number of amides is 2. The van der Waals surface area contributed by atoms with Crippen LogP contribution in [0.5, 0.6) is 0 Å². The normalized spacial score (nSPS) is 20.2. The summed E-state index contributed by atoms with van der Waals surface area (Å²) in [5.41, 5.74) is 1.65. The highest BCUT2D eigenvalue weighted by Gasteiger charge is 2.33. The molecule has 1 aromatic carbocycles. The van der Waals surface area contributed by atoms with E-state index in [1.54, 1.807) is 12.1 Å². The maximum Gasteiger partial charge on any atom is 0.306 e. The van der Waals surface area contributed by atoms with Crippen LogP contribution in [-0.2, 0) is 14.4 Å². The Balaban J connectivity index is 2.06. The maximum absolute atomic E-state index is 12.4. The Morgan fingerprint density at radius 3 is 2.28 bits per heavy atom. The molecule has 25 heavy (non-hydrogen) atoms. The topological polar surface area (TPSA) is 95.5 Å². The summed E-state index contributed by atoms with van der Waals surface area (Å²) in [6.07, 6.45) is 1.50. The minimum atomic E-state index is -0.835. The van der Waals surface area contributed by atoms with E-state index in [-0.39, 0.29) is 17.7 Å². The Morgan fingerprint density at radius 2 is 1.72 bits per heavy atom. The zero-order chi connectivity index (χ0) is 18.8. The predicted octanol–water partition coefficient (Wildman–Crippen LogP) is 3.42. The molecule has 1 aromatic rings. The van der Waals surface area contributed by atoms with Gasteiger partial charge in [-0.1, -0.05) is 26.8 Å². The van der Waals surface area contributed by atoms with Crippen molar-refractivity contribution in [3.8, 4) is 0 Å². The summed E-state index contributed by atoms with van der Waals surface area (Å²) in [4.78, 5) is 35.6. The molecule has 0 spiro atoms. The van der Waals surface area contributed by atoms with Gasteiger partial charge in [0.05, 0.1) is 5.92 Å². The lowest BCUT2D eigenvalue weighted by molar-refractivity contribution is -0.141. The Bertz CT molecular complexity index is 691. The highest BCUT2D eigenvalue weighted by molar-refractivity contribution is 5.97. The summed E-state index contributed by atoms with van der Waals surface area (Å²) in [5.74, 6) is -1.82. The molecule has 1 fully saturated rings. The zero-order valence-corrected chi connectivity index (χ0v) is 15.2. The van der Waals surface area contributed by atoms with Crippen molar-refractivity contribution in [2.24, 2.45) is 17.3 Å². The lowest BCUT2D eigenvalue weighted by Gasteiger charge is -2.19. The van der Waals surface area contributed by atoms with Gasteiger partial charge in [-0.25, -0.2) is 0 Å². The van der Waals surface area contributed by atoms with Crippen molar-refractivity contribution in [1.29, 1.82) is 0 Å². The van der Waals surface area contributed by atoms with Gasteiger partial charge in [0.15, 0.2) is 0 Å². The van der Waals surface area contributed by atoms with Crippen LogP contribution >= 0.6 is 0 Å². The van der Waals surface area contributed by atoms with E-state index in [9.17, 15) is 14.4 Å². The molecular formula is C19H26N2O4. The average Bonchev–Trinajstić information content (AvgIpc) is 3.00. The lowest BCUT2D eigenvalue weighted by atomic mass is 9.95. The van der Waals surface area contributed by atoms with Crippen LogP contribution in [0.25, 0.3) is 0 Å². The third-order valence-corrected chi connectivity index (χ3v) is 4.59. The number of anilines is 2. The average molecular weight is 346 g/mol. The van der Waals surface area contributed by atoms with Gasteiger partial charge in [0.1, 0.15) is 0 Å². The first-order valence-electron chi connectivity index (χ1n) is 8.53. The number of aliphatic carboxylic acids is 1. The van der Waals surface area contributed by atoms with Gasteiger partial charge >= 0.3 is 5.97 Å². The monoisotopic (exact) mass is 346 g/mol. The second kappa shape index (κ2) is 7.25. The number of carbonyl (C=O) groups excluding carboxylic acids is 2.